The number of halogens is 1. The van der Waals surface area contributed by atoms with Crippen LogP contribution < -0.4 is 9.64 Å². The lowest BCUT2D eigenvalue weighted by Gasteiger charge is -2.36. The van der Waals surface area contributed by atoms with Gasteiger partial charge in [-0.25, -0.2) is 0 Å². The van der Waals surface area contributed by atoms with E-state index in [-0.39, 0.29) is 5.28 Å². The maximum absolute atomic E-state index is 5.89. The highest BCUT2D eigenvalue weighted by Crippen LogP contribution is 2.31. The molecule has 1 saturated heterocycles. The van der Waals surface area contributed by atoms with E-state index in [1.807, 2.05) is 6.92 Å². The van der Waals surface area contributed by atoms with Crippen LogP contribution in [-0.4, -0.2) is 34.6 Å². The molecule has 0 saturated carbocycles. The van der Waals surface area contributed by atoms with Crippen LogP contribution >= 0.6 is 11.6 Å². The van der Waals surface area contributed by atoms with Gasteiger partial charge in [-0.3, -0.25) is 0 Å². The Bertz CT molecular complexity index is 415. The summed E-state index contributed by atoms with van der Waals surface area (Å²) in [7, 11) is 0. The predicted molar refractivity (Wildman–Crippen MR) is 71.2 cm³/mol. The van der Waals surface area contributed by atoms with E-state index in [4.69, 9.17) is 16.3 Å². The average Bonchev–Trinajstić information content (AvgIpc) is 2.28. The van der Waals surface area contributed by atoms with E-state index in [0.29, 0.717) is 24.0 Å². The molecule has 2 rings (SSSR count). The SMILES string of the molecule is CCOc1nc(Cl)nc(N2CCC(C)(C)CC2)n1. The number of nitrogens with zero attached hydrogens (tertiary/aromatic N) is 4. The van der Waals surface area contributed by atoms with E-state index in [9.17, 15) is 0 Å². The van der Waals surface area contributed by atoms with Crippen LogP contribution in [-0.2, 0) is 0 Å². The van der Waals surface area contributed by atoms with E-state index in [1.54, 1.807) is 0 Å². The van der Waals surface area contributed by atoms with Crippen LogP contribution in [0.2, 0.25) is 5.28 Å². The maximum atomic E-state index is 5.89. The second kappa shape index (κ2) is 5.26. The van der Waals surface area contributed by atoms with Crippen LogP contribution in [0.1, 0.15) is 33.6 Å². The second-order valence-electron chi connectivity index (χ2n) is 5.27. The molecule has 2 heterocycles. The fraction of sp³-hybridized carbons (Fsp3) is 0.750. The van der Waals surface area contributed by atoms with E-state index in [2.05, 4.69) is 33.7 Å². The van der Waals surface area contributed by atoms with Crippen LogP contribution in [0, 0.1) is 5.41 Å². The molecule has 1 aromatic heterocycles. The van der Waals surface area contributed by atoms with Gasteiger partial charge >= 0.3 is 6.01 Å². The molecule has 0 aromatic carbocycles. The number of hydrogen-bond acceptors (Lipinski definition) is 5. The third-order valence-electron chi connectivity index (χ3n) is 3.25. The molecule has 0 aliphatic carbocycles. The quantitative estimate of drug-likeness (QED) is 0.845. The third-order valence-corrected chi connectivity index (χ3v) is 3.42. The number of anilines is 1. The van der Waals surface area contributed by atoms with Gasteiger partial charge < -0.3 is 9.64 Å². The molecule has 1 aromatic rings. The van der Waals surface area contributed by atoms with Gasteiger partial charge in [-0.1, -0.05) is 13.8 Å². The summed E-state index contributed by atoms with van der Waals surface area (Å²) in [5, 5.41) is 0.188. The molecular weight excluding hydrogens is 252 g/mol. The number of rotatable bonds is 3. The van der Waals surface area contributed by atoms with Crippen molar-refractivity contribution in [1.82, 2.24) is 15.0 Å². The lowest BCUT2D eigenvalue weighted by Crippen LogP contribution is -2.38. The lowest BCUT2D eigenvalue weighted by molar-refractivity contribution is 0.276. The summed E-state index contributed by atoms with van der Waals surface area (Å²) in [4.78, 5) is 14.5. The summed E-state index contributed by atoms with van der Waals surface area (Å²) in [6.45, 7) is 8.87. The van der Waals surface area contributed by atoms with Crippen molar-refractivity contribution in [2.45, 2.75) is 33.6 Å². The molecule has 0 radical (unpaired) electrons. The van der Waals surface area contributed by atoms with Crippen molar-refractivity contribution >= 4 is 17.5 Å². The molecule has 1 aliphatic heterocycles. The van der Waals surface area contributed by atoms with E-state index in [1.165, 1.54) is 0 Å². The van der Waals surface area contributed by atoms with Crippen molar-refractivity contribution in [3.63, 3.8) is 0 Å². The van der Waals surface area contributed by atoms with Crippen molar-refractivity contribution < 1.29 is 4.74 Å². The van der Waals surface area contributed by atoms with Crippen molar-refractivity contribution in [2.24, 2.45) is 5.41 Å². The first-order valence-electron chi connectivity index (χ1n) is 6.29. The standard InChI is InChI=1S/C12H19ClN4O/c1-4-18-11-15-9(13)14-10(16-11)17-7-5-12(2,3)6-8-17/h4-8H2,1-3H3. The summed E-state index contributed by atoms with van der Waals surface area (Å²) >= 11 is 5.89. The van der Waals surface area contributed by atoms with Crippen molar-refractivity contribution in [1.29, 1.82) is 0 Å². The normalized spacial score (nSPS) is 18.8. The first-order chi connectivity index (χ1) is 8.50. The largest absolute Gasteiger partial charge is 0.464 e. The first-order valence-corrected chi connectivity index (χ1v) is 6.67. The molecular formula is C12H19ClN4O. The molecule has 0 unspecified atom stereocenters. The molecule has 0 bridgehead atoms. The van der Waals surface area contributed by atoms with Crippen molar-refractivity contribution in [3.8, 4) is 6.01 Å². The minimum Gasteiger partial charge on any atom is -0.464 e. The Morgan fingerprint density at radius 3 is 2.50 bits per heavy atom. The number of hydrogen-bond donors (Lipinski definition) is 0. The molecule has 18 heavy (non-hydrogen) atoms. The van der Waals surface area contributed by atoms with Gasteiger partial charge in [-0.05, 0) is 36.8 Å². The number of piperidine rings is 1. The fourth-order valence-corrected chi connectivity index (χ4v) is 2.12. The van der Waals surface area contributed by atoms with E-state index in [0.717, 1.165) is 25.9 Å². The summed E-state index contributed by atoms with van der Waals surface area (Å²) in [5.74, 6) is 0.619. The fourth-order valence-electron chi connectivity index (χ4n) is 1.97. The van der Waals surface area contributed by atoms with Crippen LogP contribution in [0.15, 0.2) is 0 Å². The molecule has 6 heteroatoms. The van der Waals surface area contributed by atoms with E-state index < -0.39 is 0 Å². The molecule has 0 atom stereocenters. The Labute approximate surface area is 113 Å². The highest BCUT2D eigenvalue weighted by atomic mass is 35.5. The third kappa shape index (κ3) is 3.22. The minimum atomic E-state index is 0.188. The van der Waals surface area contributed by atoms with Gasteiger partial charge in [0.1, 0.15) is 0 Å². The molecule has 0 N–H and O–H groups in total. The monoisotopic (exact) mass is 270 g/mol. The first kappa shape index (κ1) is 13.3. The van der Waals surface area contributed by atoms with Crippen LogP contribution in [0.5, 0.6) is 6.01 Å². The topological polar surface area (TPSA) is 51.1 Å². The Morgan fingerprint density at radius 2 is 1.89 bits per heavy atom. The molecule has 0 amide bonds. The predicted octanol–water partition coefficient (Wildman–Crippen LogP) is 2.55. The summed E-state index contributed by atoms with van der Waals surface area (Å²) in [5.41, 5.74) is 0.399. The summed E-state index contributed by atoms with van der Waals surface area (Å²) in [6.07, 6.45) is 2.25. The Kier molecular flexibility index (Phi) is 3.90. The van der Waals surface area contributed by atoms with Crippen LogP contribution in [0.4, 0.5) is 5.95 Å². The number of aromatic nitrogens is 3. The highest BCUT2D eigenvalue weighted by molar-refractivity contribution is 6.28. The van der Waals surface area contributed by atoms with Gasteiger partial charge in [0.05, 0.1) is 6.61 Å². The second-order valence-corrected chi connectivity index (χ2v) is 5.61. The zero-order valence-corrected chi connectivity index (χ0v) is 11.9. The molecule has 1 fully saturated rings. The van der Waals surface area contributed by atoms with Gasteiger partial charge in [-0.2, -0.15) is 15.0 Å². The van der Waals surface area contributed by atoms with Gasteiger partial charge in [0.2, 0.25) is 11.2 Å². The van der Waals surface area contributed by atoms with Gasteiger partial charge in [0.15, 0.2) is 0 Å². The van der Waals surface area contributed by atoms with Gasteiger partial charge in [0, 0.05) is 13.1 Å². The zero-order chi connectivity index (χ0) is 13.2. The molecule has 0 spiro atoms. The lowest BCUT2D eigenvalue weighted by atomic mass is 9.83. The Hall–Kier alpha value is -1.10. The van der Waals surface area contributed by atoms with Gasteiger partial charge in [-0.15, -0.1) is 0 Å². The molecule has 1 aliphatic rings. The molecule has 100 valence electrons. The van der Waals surface area contributed by atoms with Crippen molar-refractivity contribution in [2.75, 3.05) is 24.6 Å². The highest BCUT2D eigenvalue weighted by Gasteiger charge is 2.27. The Morgan fingerprint density at radius 1 is 1.22 bits per heavy atom. The Balaban J connectivity index is 2.13. The summed E-state index contributed by atoms with van der Waals surface area (Å²) in [6, 6.07) is 0.303. The summed E-state index contributed by atoms with van der Waals surface area (Å²) < 4.78 is 5.29. The van der Waals surface area contributed by atoms with Crippen LogP contribution in [0.3, 0.4) is 0 Å². The smallest absolute Gasteiger partial charge is 0.322 e. The van der Waals surface area contributed by atoms with E-state index >= 15 is 0 Å². The van der Waals surface area contributed by atoms with Gasteiger partial charge in [0.25, 0.3) is 0 Å². The zero-order valence-electron chi connectivity index (χ0n) is 11.1. The number of ether oxygens (including phenoxy) is 1. The molecule has 5 nitrogen and oxygen atoms in total. The van der Waals surface area contributed by atoms with Crippen molar-refractivity contribution in [3.05, 3.63) is 5.28 Å². The van der Waals surface area contributed by atoms with Crippen LogP contribution in [0.25, 0.3) is 0 Å². The maximum Gasteiger partial charge on any atom is 0.322 e. The minimum absolute atomic E-state index is 0.188. The average molecular weight is 271 g/mol.